The third-order valence-electron chi connectivity index (χ3n) is 3.16. The molecule has 0 unspecified atom stereocenters. The third kappa shape index (κ3) is 2.67. The van der Waals surface area contributed by atoms with Gasteiger partial charge in [-0.2, -0.15) is 4.98 Å². The van der Waals surface area contributed by atoms with E-state index in [1.54, 1.807) is 12.3 Å². The molecule has 106 valence electrons. The lowest BCUT2D eigenvalue weighted by Gasteiger charge is -2.01. The smallest absolute Gasteiger partial charge is 0.258 e. The molecule has 1 aromatic carbocycles. The standard InChI is InChI=1S/C15H13BrN4O/c1-2-9-4-3-7-18-13(9)14-19-15(21-20-14)10-5-6-12(17)11(16)8-10/h3-8H,2,17H2,1H3. The molecule has 3 aromatic rings. The number of benzene rings is 1. The highest BCUT2D eigenvalue weighted by Gasteiger charge is 2.14. The van der Waals surface area contributed by atoms with Crippen LogP contribution in [0.2, 0.25) is 0 Å². The monoisotopic (exact) mass is 344 g/mol. The second-order valence-electron chi connectivity index (χ2n) is 4.52. The Morgan fingerprint density at radius 2 is 2.14 bits per heavy atom. The van der Waals surface area contributed by atoms with Gasteiger partial charge in [0, 0.05) is 21.9 Å². The van der Waals surface area contributed by atoms with Gasteiger partial charge in [0.1, 0.15) is 5.69 Å². The van der Waals surface area contributed by atoms with Crippen molar-refractivity contribution in [3.63, 3.8) is 0 Å². The summed E-state index contributed by atoms with van der Waals surface area (Å²) >= 11 is 3.39. The van der Waals surface area contributed by atoms with Gasteiger partial charge in [0.25, 0.3) is 5.89 Å². The van der Waals surface area contributed by atoms with Crippen molar-refractivity contribution in [2.24, 2.45) is 0 Å². The maximum absolute atomic E-state index is 5.78. The van der Waals surface area contributed by atoms with Gasteiger partial charge in [0.05, 0.1) is 0 Å². The first kappa shape index (κ1) is 13.8. The van der Waals surface area contributed by atoms with Gasteiger partial charge < -0.3 is 10.3 Å². The largest absolute Gasteiger partial charge is 0.398 e. The van der Waals surface area contributed by atoms with Crippen molar-refractivity contribution in [1.82, 2.24) is 15.1 Å². The molecule has 2 heterocycles. The third-order valence-corrected chi connectivity index (χ3v) is 3.84. The molecule has 0 spiro atoms. The van der Waals surface area contributed by atoms with Crippen LogP contribution in [0.3, 0.4) is 0 Å². The number of pyridine rings is 1. The highest BCUT2D eigenvalue weighted by Crippen LogP contribution is 2.28. The zero-order valence-corrected chi connectivity index (χ0v) is 13.0. The van der Waals surface area contributed by atoms with Crippen molar-refractivity contribution < 1.29 is 4.52 Å². The van der Waals surface area contributed by atoms with Crippen LogP contribution in [0.5, 0.6) is 0 Å². The quantitative estimate of drug-likeness (QED) is 0.732. The number of aryl methyl sites for hydroxylation is 1. The average molecular weight is 345 g/mol. The Morgan fingerprint density at radius 3 is 2.90 bits per heavy atom. The molecule has 2 aromatic heterocycles. The van der Waals surface area contributed by atoms with Crippen molar-refractivity contribution in [3.8, 4) is 23.0 Å². The Bertz CT molecular complexity index is 785. The number of nitrogen functional groups attached to an aromatic ring is 1. The molecule has 21 heavy (non-hydrogen) atoms. The fraction of sp³-hybridized carbons (Fsp3) is 0.133. The van der Waals surface area contributed by atoms with E-state index in [-0.39, 0.29) is 0 Å². The molecular formula is C15H13BrN4O. The van der Waals surface area contributed by atoms with Crippen molar-refractivity contribution >= 4 is 21.6 Å². The van der Waals surface area contributed by atoms with E-state index in [1.807, 2.05) is 24.3 Å². The molecule has 5 nitrogen and oxygen atoms in total. The minimum atomic E-state index is 0.443. The van der Waals surface area contributed by atoms with Gasteiger partial charge in [-0.3, -0.25) is 4.98 Å². The summed E-state index contributed by atoms with van der Waals surface area (Å²) in [6, 6.07) is 9.41. The Kier molecular flexibility index (Phi) is 3.70. The predicted octanol–water partition coefficient (Wildman–Crippen LogP) is 3.71. The maximum Gasteiger partial charge on any atom is 0.258 e. The van der Waals surface area contributed by atoms with E-state index in [1.165, 1.54) is 0 Å². The fourth-order valence-electron chi connectivity index (χ4n) is 2.02. The van der Waals surface area contributed by atoms with Crippen molar-refractivity contribution in [1.29, 1.82) is 0 Å². The number of rotatable bonds is 3. The molecule has 0 aliphatic carbocycles. The molecule has 0 bridgehead atoms. The highest BCUT2D eigenvalue weighted by molar-refractivity contribution is 9.10. The van der Waals surface area contributed by atoms with Gasteiger partial charge in [0.2, 0.25) is 5.82 Å². The van der Waals surface area contributed by atoms with E-state index in [4.69, 9.17) is 10.3 Å². The first-order valence-electron chi connectivity index (χ1n) is 6.52. The zero-order valence-electron chi connectivity index (χ0n) is 11.4. The lowest BCUT2D eigenvalue weighted by Crippen LogP contribution is -1.92. The zero-order chi connectivity index (χ0) is 14.8. The maximum atomic E-state index is 5.78. The summed E-state index contributed by atoms with van der Waals surface area (Å²) in [4.78, 5) is 8.77. The highest BCUT2D eigenvalue weighted by atomic mass is 79.9. The van der Waals surface area contributed by atoms with Gasteiger partial charge >= 0.3 is 0 Å². The molecular weight excluding hydrogens is 332 g/mol. The second-order valence-corrected chi connectivity index (χ2v) is 5.38. The number of aromatic nitrogens is 3. The Balaban J connectivity index is 2.01. The summed E-state index contributed by atoms with van der Waals surface area (Å²) in [5.74, 6) is 0.939. The van der Waals surface area contributed by atoms with Crippen LogP contribution in [-0.4, -0.2) is 15.1 Å². The van der Waals surface area contributed by atoms with Gasteiger partial charge in [0.15, 0.2) is 0 Å². The van der Waals surface area contributed by atoms with Crippen LogP contribution in [0.4, 0.5) is 5.69 Å². The first-order valence-corrected chi connectivity index (χ1v) is 7.31. The minimum absolute atomic E-state index is 0.443. The van der Waals surface area contributed by atoms with E-state index < -0.39 is 0 Å². The summed E-state index contributed by atoms with van der Waals surface area (Å²) in [6.45, 7) is 2.07. The number of hydrogen-bond donors (Lipinski definition) is 1. The molecule has 0 saturated carbocycles. The van der Waals surface area contributed by atoms with Crippen LogP contribution < -0.4 is 5.73 Å². The predicted molar refractivity (Wildman–Crippen MR) is 84.5 cm³/mol. The van der Waals surface area contributed by atoms with Crippen LogP contribution in [0, 0.1) is 0 Å². The van der Waals surface area contributed by atoms with Crippen LogP contribution in [0.25, 0.3) is 23.0 Å². The van der Waals surface area contributed by atoms with E-state index in [9.17, 15) is 0 Å². The lowest BCUT2D eigenvalue weighted by molar-refractivity contribution is 0.432. The normalized spacial score (nSPS) is 10.8. The Hall–Kier alpha value is -2.21. The number of halogens is 1. The number of nitrogens with zero attached hydrogens (tertiary/aromatic N) is 3. The topological polar surface area (TPSA) is 77.8 Å². The van der Waals surface area contributed by atoms with Gasteiger partial charge in [-0.1, -0.05) is 18.1 Å². The summed E-state index contributed by atoms with van der Waals surface area (Å²) in [5, 5.41) is 4.03. The molecule has 0 radical (unpaired) electrons. The van der Waals surface area contributed by atoms with E-state index in [0.717, 1.165) is 27.7 Å². The number of hydrogen-bond acceptors (Lipinski definition) is 5. The van der Waals surface area contributed by atoms with Crippen LogP contribution in [0.15, 0.2) is 45.5 Å². The van der Waals surface area contributed by atoms with E-state index >= 15 is 0 Å². The fourth-order valence-corrected chi connectivity index (χ4v) is 2.40. The molecule has 6 heteroatoms. The molecule has 0 fully saturated rings. The van der Waals surface area contributed by atoms with Gasteiger partial charge in [-0.25, -0.2) is 0 Å². The Labute approximate surface area is 130 Å². The lowest BCUT2D eigenvalue weighted by atomic mass is 10.1. The summed E-state index contributed by atoms with van der Waals surface area (Å²) < 4.78 is 6.13. The van der Waals surface area contributed by atoms with Crippen molar-refractivity contribution in [2.75, 3.05) is 5.73 Å². The summed E-state index contributed by atoms with van der Waals surface area (Å²) in [5.41, 5.74) is 9.09. The average Bonchev–Trinajstić information content (AvgIpc) is 2.99. The summed E-state index contributed by atoms with van der Waals surface area (Å²) in [6.07, 6.45) is 2.59. The van der Waals surface area contributed by atoms with Crippen molar-refractivity contribution in [2.45, 2.75) is 13.3 Å². The van der Waals surface area contributed by atoms with E-state index in [2.05, 4.69) is 38.0 Å². The summed E-state index contributed by atoms with van der Waals surface area (Å²) in [7, 11) is 0. The molecule has 3 rings (SSSR count). The molecule has 0 aliphatic rings. The van der Waals surface area contributed by atoms with E-state index in [0.29, 0.717) is 17.4 Å². The second kappa shape index (κ2) is 5.65. The van der Waals surface area contributed by atoms with Gasteiger partial charge in [-0.15, -0.1) is 0 Å². The van der Waals surface area contributed by atoms with Crippen molar-refractivity contribution in [3.05, 3.63) is 46.6 Å². The molecule has 0 saturated heterocycles. The van der Waals surface area contributed by atoms with Crippen LogP contribution >= 0.6 is 15.9 Å². The Morgan fingerprint density at radius 1 is 1.29 bits per heavy atom. The molecule has 0 amide bonds. The molecule has 0 atom stereocenters. The van der Waals surface area contributed by atoms with Gasteiger partial charge in [-0.05, 0) is 52.2 Å². The number of nitrogens with two attached hydrogens (primary N) is 1. The molecule has 0 aliphatic heterocycles. The van der Waals surface area contributed by atoms with Crippen LogP contribution in [0.1, 0.15) is 12.5 Å². The molecule has 2 N–H and O–H groups in total. The number of anilines is 1. The first-order chi connectivity index (χ1) is 10.2. The minimum Gasteiger partial charge on any atom is -0.398 e. The van der Waals surface area contributed by atoms with Crippen LogP contribution in [-0.2, 0) is 6.42 Å². The SMILES string of the molecule is CCc1cccnc1-c1noc(-c2ccc(N)c(Br)c2)n1.